The van der Waals surface area contributed by atoms with Gasteiger partial charge in [-0.2, -0.15) is 0 Å². The first-order chi connectivity index (χ1) is 9.15. The molecule has 0 bridgehead atoms. The van der Waals surface area contributed by atoms with E-state index in [0.29, 0.717) is 11.2 Å². The maximum Gasteiger partial charge on any atom is 0.227 e. The highest BCUT2D eigenvalue weighted by molar-refractivity contribution is 9.10. The van der Waals surface area contributed by atoms with Crippen molar-refractivity contribution in [3.8, 4) is 11.3 Å². The lowest BCUT2D eigenvalue weighted by atomic mass is 9.98. The number of halogens is 1. The summed E-state index contributed by atoms with van der Waals surface area (Å²) in [6.45, 7) is 0. The molecule has 0 fully saturated rings. The fourth-order valence-corrected chi connectivity index (χ4v) is 2.62. The Morgan fingerprint density at radius 2 is 2.11 bits per heavy atom. The number of amides is 1. The van der Waals surface area contributed by atoms with Gasteiger partial charge in [-0.05, 0) is 46.1 Å². The van der Waals surface area contributed by atoms with Gasteiger partial charge in [0.15, 0.2) is 4.73 Å². The average molecular weight is 318 g/mol. The standard InChI is InChI=1S/C14H12BrN3O/c1-18-12-4-2-9(8-10(12)3-5-13(18)19)11-6-7-16-14(15)17-11/h2,4,6-8H,3,5H2,1H3. The van der Waals surface area contributed by atoms with Crippen LogP contribution in [0.15, 0.2) is 35.2 Å². The zero-order chi connectivity index (χ0) is 13.4. The predicted molar refractivity (Wildman–Crippen MR) is 76.9 cm³/mol. The van der Waals surface area contributed by atoms with Gasteiger partial charge in [-0.3, -0.25) is 4.79 Å². The first-order valence-corrected chi connectivity index (χ1v) is 6.83. The molecule has 0 saturated heterocycles. The fourth-order valence-electron chi connectivity index (χ4n) is 2.31. The van der Waals surface area contributed by atoms with Crippen molar-refractivity contribution < 1.29 is 4.79 Å². The number of rotatable bonds is 1. The minimum Gasteiger partial charge on any atom is -0.315 e. The molecule has 0 radical (unpaired) electrons. The van der Waals surface area contributed by atoms with E-state index in [9.17, 15) is 4.79 Å². The molecule has 0 atom stereocenters. The molecule has 1 aromatic carbocycles. The highest BCUT2D eigenvalue weighted by Crippen LogP contribution is 2.30. The van der Waals surface area contributed by atoms with Crippen LogP contribution in [0.5, 0.6) is 0 Å². The van der Waals surface area contributed by atoms with Crippen molar-refractivity contribution in [2.45, 2.75) is 12.8 Å². The average Bonchev–Trinajstić information content (AvgIpc) is 2.43. The van der Waals surface area contributed by atoms with Gasteiger partial charge in [0.05, 0.1) is 5.69 Å². The zero-order valence-electron chi connectivity index (χ0n) is 10.4. The molecule has 19 heavy (non-hydrogen) atoms. The van der Waals surface area contributed by atoms with Crippen molar-refractivity contribution in [2.75, 3.05) is 11.9 Å². The van der Waals surface area contributed by atoms with Gasteiger partial charge in [-0.25, -0.2) is 9.97 Å². The summed E-state index contributed by atoms with van der Waals surface area (Å²) in [6.07, 6.45) is 3.08. The first kappa shape index (κ1) is 12.3. The minimum absolute atomic E-state index is 0.171. The number of hydrogen-bond donors (Lipinski definition) is 0. The van der Waals surface area contributed by atoms with E-state index in [1.165, 1.54) is 5.56 Å². The van der Waals surface area contributed by atoms with Crippen molar-refractivity contribution >= 4 is 27.5 Å². The molecule has 1 amide bonds. The molecule has 3 rings (SSSR count). The number of hydrogen-bond acceptors (Lipinski definition) is 3. The Kier molecular flexibility index (Phi) is 3.06. The van der Waals surface area contributed by atoms with Gasteiger partial charge >= 0.3 is 0 Å². The Hall–Kier alpha value is -1.75. The van der Waals surface area contributed by atoms with Gasteiger partial charge < -0.3 is 4.90 Å². The van der Waals surface area contributed by atoms with Crippen molar-refractivity contribution in [1.82, 2.24) is 9.97 Å². The largest absolute Gasteiger partial charge is 0.315 e. The fraction of sp³-hybridized carbons (Fsp3) is 0.214. The smallest absolute Gasteiger partial charge is 0.227 e. The molecule has 1 aromatic heterocycles. The first-order valence-electron chi connectivity index (χ1n) is 6.03. The number of carbonyl (C=O) groups is 1. The van der Waals surface area contributed by atoms with E-state index < -0.39 is 0 Å². The number of aromatic nitrogens is 2. The molecule has 5 heteroatoms. The van der Waals surface area contributed by atoms with Gasteiger partial charge in [0.1, 0.15) is 0 Å². The Morgan fingerprint density at radius 1 is 1.26 bits per heavy atom. The van der Waals surface area contributed by atoms with Crippen LogP contribution in [0, 0.1) is 0 Å². The Labute approximate surface area is 119 Å². The molecule has 2 aromatic rings. The van der Waals surface area contributed by atoms with Crippen LogP contribution < -0.4 is 4.90 Å². The minimum atomic E-state index is 0.171. The highest BCUT2D eigenvalue weighted by Gasteiger charge is 2.21. The van der Waals surface area contributed by atoms with Gasteiger partial charge in [-0.15, -0.1) is 0 Å². The molecule has 2 heterocycles. The monoisotopic (exact) mass is 317 g/mol. The topological polar surface area (TPSA) is 46.1 Å². The Bertz CT molecular complexity index is 657. The molecule has 0 spiro atoms. The van der Waals surface area contributed by atoms with E-state index in [1.54, 1.807) is 11.1 Å². The molecular weight excluding hydrogens is 306 g/mol. The highest BCUT2D eigenvalue weighted by atomic mass is 79.9. The van der Waals surface area contributed by atoms with Crippen molar-refractivity contribution in [1.29, 1.82) is 0 Å². The number of nitrogens with zero attached hydrogens (tertiary/aromatic N) is 3. The molecule has 0 N–H and O–H groups in total. The van der Waals surface area contributed by atoms with E-state index >= 15 is 0 Å². The molecule has 1 aliphatic heterocycles. The van der Waals surface area contributed by atoms with Gasteiger partial charge in [0.2, 0.25) is 5.91 Å². The van der Waals surface area contributed by atoms with Crippen LogP contribution in [0.3, 0.4) is 0 Å². The second-order valence-electron chi connectivity index (χ2n) is 4.51. The van der Waals surface area contributed by atoms with Crippen LogP contribution in [-0.4, -0.2) is 22.9 Å². The van der Waals surface area contributed by atoms with Crippen molar-refractivity contribution in [3.63, 3.8) is 0 Å². The third-order valence-electron chi connectivity index (χ3n) is 3.35. The third kappa shape index (κ3) is 2.26. The van der Waals surface area contributed by atoms with E-state index in [1.807, 2.05) is 25.2 Å². The molecule has 4 nitrogen and oxygen atoms in total. The number of anilines is 1. The maximum absolute atomic E-state index is 11.7. The molecule has 0 aliphatic carbocycles. The van der Waals surface area contributed by atoms with Crippen LogP contribution in [0.2, 0.25) is 0 Å². The molecular formula is C14H12BrN3O. The van der Waals surface area contributed by atoms with E-state index in [-0.39, 0.29) is 5.91 Å². The van der Waals surface area contributed by atoms with Gasteiger partial charge in [0.25, 0.3) is 0 Å². The molecule has 0 unspecified atom stereocenters. The summed E-state index contributed by atoms with van der Waals surface area (Å²) in [7, 11) is 1.82. The molecule has 1 aliphatic rings. The summed E-state index contributed by atoms with van der Waals surface area (Å²) in [5.74, 6) is 0.171. The Balaban J connectivity index is 2.05. The second kappa shape index (κ2) is 4.74. The van der Waals surface area contributed by atoms with Crippen molar-refractivity contribution in [2.24, 2.45) is 0 Å². The summed E-state index contributed by atoms with van der Waals surface area (Å²) in [5, 5.41) is 0. The summed E-state index contributed by atoms with van der Waals surface area (Å²) in [5.41, 5.74) is 4.11. The maximum atomic E-state index is 11.7. The summed E-state index contributed by atoms with van der Waals surface area (Å²) < 4.78 is 0.579. The number of fused-ring (bicyclic) bond motifs is 1. The summed E-state index contributed by atoms with van der Waals surface area (Å²) in [6, 6.07) is 7.96. The van der Waals surface area contributed by atoms with Crippen molar-refractivity contribution in [3.05, 3.63) is 40.8 Å². The van der Waals surface area contributed by atoms with E-state index in [0.717, 1.165) is 23.4 Å². The third-order valence-corrected chi connectivity index (χ3v) is 3.73. The summed E-state index contributed by atoms with van der Waals surface area (Å²) in [4.78, 5) is 21.8. The second-order valence-corrected chi connectivity index (χ2v) is 5.22. The van der Waals surface area contributed by atoms with Crippen LogP contribution in [0.25, 0.3) is 11.3 Å². The summed E-state index contributed by atoms with van der Waals surface area (Å²) >= 11 is 3.28. The lowest BCUT2D eigenvalue weighted by molar-refractivity contribution is -0.118. The van der Waals surface area contributed by atoms with Crippen LogP contribution >= 0.6 is 15.9 Å². The number of benzene rings is 1. The van der Waals surface area contributed by atoms with Crippen LogP contribution in [0.1, 0.15) is 12.0 Å². The molecule has 0 saturated carbocycles. The normalized spacial score (nSPS) is 14.4. The quantitative estimate of drug-likeness (QED) is 0.760. The lowest BCUT2D eigenvalue weighted by Crippen LogP contribution is -2.30. The predicted octanol–water partition coefficient (Wildman–Crippen LogP) is 2.82. The van der Waals surface area contributed by atoms with Gasteiger partial charge in [-0.1, -0.05) is 6.07 Å². The zero-order valence-corrected chi connectivity index (χ0v) is 12.0. The number of aryl methyl sites for hydroxylation is 1. The number of carbonyl (C=O) groups excluding carboxylic acids is 1. The van der Waals surface area contributed by atoms with Gasteiger partial charge in [0, 0.05) is 30.9 Å². The lowest BCUT2D eigenvalue weighted by Gasteiger charge is -2.26. The van der Waals surface area contributed by atoms with Crippen LogP contribution in [0.4, 0.5) is 5.69 Å². The Morgan fingerprint density at radius 3 is 2.89 bits per heavy atom. The molecule has 96 valence electrons. The van der Waals surface area contributed by atoms with Crippen LogP contribution in [-0.2, 0) is 11.2 Å². The van der Waals surface area contributed by atoms with E-state index in [4.69, 9.17) is 0 Å². The SMILES string of the molecule is CN1C(=O)CCc2cc(-c3ccnc(Br)n3)ccc21. The van der Waals surface area contributed by atoms with E-state index in [2.05, 4.69) is 32.0 Å².